The standard InChI is InChI=1S/C12H19BrN2O/c1-9-7-12(10(13)8-11(9)14)15-5-3-2-4-6-16/h7-8,15-16H,2-6,14H2,1H3. The Kier molecular flexibility index (Phi) is 5.63. The van der Waals surface area contributed by atoms with Crippen molar-refractivity contribution in [1.82, 2.24) is 0 Å². The van der Waals surface area contributed by atoms with E-state index in [9.17, 15) is 0 Å². The van der Waals surface area contributed by atoms with Crippen molar-refractivity contribution < 1.29 is 5.11 Å². The summed E-state index contributed by atoms with van der Waals surface area (Å²) >= 11 is 3.48. The summed E-state index contributed by atoms with van der Waals surface area (Å²) in [5, 5.41) is 12.0. The molecule has 0 unspecified atom stereocenters. The van der Waals surface area contributed by atoms with Crippen LogP contribution in [0.1, 0.15) is 24.8 Å². The van der Waals surface area contributed by atoms with E-state index >= 15 is 0 Å². The minimum absolute atomic E-state index is 0.282. The first-order valence-electron chi connectivity index (χ1n) is 5.55. The molecule has 0 aliphatic carbocycles. The summed E-state index contributed by atoms with van der Waals surface area (Å²) < 4.78 is 0.998. The molecule has 0 aromatic heterocycles. The van der Waals surface area contributed by atoms with Gasteiger partial charge in [-0.25, -0.2) is 0 Å². The van der Waals surface area contributed by atoms with Crippen LogP contribution in [0, 0.1) is 6.92 Å². The van der Waals surface area contributed by atoms with Gasteiger partial charge in [-0.15, -0.1) is 0 Å². The second-order valence-corrected chi connectivity index (χ2v) is 4.75. The third-order valence-electron chi connectivity index (χ3n) is 2.51. The Labute approximate surface area is 105 Å². The number of rotatable bonds is 6. The highest BCUT2D eigenvalue weighted by Crippen LogP contribution is 2.27. The molecule has 4 N–H and O–H groups in total. The first-order chi connectivity index (χ1) is 7.65. The topological polar surface area (TPSA) is 58.3 Å². The number of benzene rings is 1. The van der Waals surface area contributed by atoms with Gasteiger partial charge in [-0.3, -0.25) is 0 Å². The molecule has 16 heavy (non-hydrogen) atoms. The molecule has 3 nitrogen and oxygen atoms in total. The third-order valence-corrected chi connectivity index (χ3v) is 3.16. The monoisotopic (exact) mass is 286 g/mol. The summed E-state index contributed by atoms with van der Waals surface area (Å²) in [5.41, 5.74) is 8.77. The lowest BCUT2D eigenvalue weighted by Crippen LogP contribution is -2.03. The highest BCUT2D eigenvalue weighted by atomic mass is 79.9. The molecule has 0 bridgehead atoms. The number of aliphatic hydroxyl groups excluding tert-OH is 1. The van der Waals surface area contributed by atoms with Gasteiger partial charge in [0.05, 0.1) is 0 Å². The quantitative estimate of drug-likeness (QED) is 0.557. The third kappa shape index (κ3) is 4.02. The van der Waals surface area contributed by atoms with Gasteiger partial charge in [-0.05, 0) is 59.8 Å². The second kappa shape index (κ2) is 6.76. The Morgan fingerprint density at radius 1 is 1.31 bits per heavy atom. The van der Waals surface area contributed by atoms with Gasteiger partial charge in [-0.1, -0.05) is 0 Å². The van der Waals surface area contributed by atoms with Crippen molar-refractivity contribution in [3.63, 3.8) is 0 Å². The Morgan fingerprint density at radius 2 is 2.06 bits per heavy atom. The first-order valence-corrected chi connectivity index (χ1v) is 6.35. The fourth-order valence-electron chi connectivity index (χ4n) is 1.47. The van der Waals surface area contributed by atoms with Crippen LogP contribution in [0.2, 0.25) is 0 Å². The summed E-state index contributed by atoms with van der Waals surface area (Å²) in [6.45, 7) is 3.20. The summed E-state index contributed by atoms with van der Waals surface area (Å²) in [7, 11) is 0. The van der Waals surface area contributed by atoms with E-state index in [2.05, 4.69) is 21.2 Å². The molecule has 1 aromatic carbocycles. The van der Waals surface area contributed by atoms with E-state index in [1.165, 1.54) is 0 Å². The Balaban J connectivity index is 2.45. The number of nitrogens with one attached hydrogen (secondary N) is 1. The zero-order chi connectivity index (χ0) is 12.0. The van der Waals surface area contributed by atoms with Crippen LogP contribution in [0.15, 0.2) is 16.6 Å². The van der Waals surface area contributed by atoms with Crippen LogP contribution in [0.5, 0.6) is 0 Å². The number of nitrogen functional groups attached to an aromatic ring is 1. The number of hydrogen-bond donors (Lipinski definition) is 3. The van der Waals surface area contributed by atoms with Crippen molar-refractivity contribution in [3.8, 4) is 0 Å². The van der Waals surface area contributed by atoms with Crippen molar-refractivity contribution in [1.29, 1.82) is 0 Å². The van der Waals surface area contributed by atoms with Crippen molar-refractivity contribution in [3.05, 3.63) is 22.2 Å². The molecule has 0 aliphatic heterocycles. The lowest BCUT2D eigenvalue weighted by molar-refractivity contribution is 0.283. The van der Waals surface area contributed by atoms with Crippen LogP contribution >= 0.6 is 15.9 Å². The molecule has 0 saturated heterocycles. The molecule has 90 valence electrons. The van der Waals surface area contributed by atoms with Gasteiger partial charge in [0.15, 0.2) is 0 Å². The highest BCUT2D eigenvalue weighted by Gasteiger charge is 2.02. The summed E-state index contributed by atoms with van der Waals surface area (Å²) in [6.07, 6.45) is 3.00. The zero-order valence-corrected chi connectivity index (χ0v) is 11.2. The first kappa shape index (κ1) is 13.3. The maximum Gasteiger partial charge on any atom is 0.0488 e. The van der Waals surface area contributed by atoms with Crippen molar-refractivity contribution in [2.75, 3.05) is 24.2 Å². The predicted molar refractivity (Wildman–Crippen MR) is 72.7 cm³/mol. The Bertz CT molecular complexity index is 342. The van der Waals surface area contributed by atoms with Crippen LogP contribution in [0.25, 0.3) is 0 Å². The van der Waals surface area contributed by atoms with Crippen molar-refractivity contribution in [2.24, 2.45) is 0 Å². The highest BCUT2D eigenvalue weighted by molar-refractivity contribution is 9.10. The van der Waals surface area contributed by atoms with Crippen LogP contribution in [0.3, 0.4) is 0 Å². The number of halogens is 1. The molecule has 0 radical (unpaired) electrons. The molecule has 4 heteroatoms. The van der Waals surface area contributed by atoms with E-state index in [0.29, 0.717) is 0 Å². The molecule has 1 rings (SSSR count). The van der Waals surface area contributed by atoms with Crippen LogP contribution in [-0.2, 0) is 0 Å². The van der Waals surface area contributed by atoms with Crippen molar-refractivity contribution in [2.45, 2.75) is 26.2 Å². The minimum Gasteiger partial charge on any atom is -0.398 e. The molecular weight excluding hydrogens is 268 g/mol. The largest absolute Gasteiger partial charge is 0.398 e. The molecule has 0 fully saturated rings. The van der Waals surface area contributed by atoms with E-state index in [-0.39, 0.29) is 6.61 Å². The van der Waals surface area contributed by atoms with Gasteiger partial charge in [0.1, 0.15) is 0 Å². The molecule has 0 amide bonds. The average molecular weight is 287 g/mol. The van der Waals surface area contributed by atoms with Gasteiger partial charge in [-0.2, -0.15) is 0 Å². The second-order valence-electron chi connectivity index (χ2n) is 3.90. The van der Waals surface area contributed by atoms with E-state index in [0.717, 1.165) is 47.2 Å². The number of anilines is 2. The summed E-state index contributed by atoms with van der Waals surface area (Å²) in [4.78, 5) is 0. The van der Waals surface area contributed by atoms with Gasteiger partial charge < -0.3 is 16.2 Å². The fraction of sp³-hybridized carbons (Fsp3) is 0.500. The van der Waals surface area contributed by atoms with Crippen LogP contribution < -0.4 is 11.1 Å². The Morgan fingerprint density at radius 3 is 2.75 bits per heavy atom. The molecule has 0 aliphatic rings. The number of hydrogen-bond acceptors (Lipinski definition) is 3. The number of nitrogens with two attached hydrogens (primary N) is 1. The SMILES string of the molecule is Cc1cc(NCCCCCO)c(Br)cc1N. The smallest absolute Gasteiger partial charge is 0.0488 e. The molecule has 0 atom stereocenters. The maximum atomic E-state index is 8.65. The molecule has 0 saturated carbocycles. The lowest BCUT2D eigenvalue weighted by atomic mass is 10.2. The van der Waals surface area contributed by atoms with Gasteiger partial charge >= 0.3 is 0 Å². The Hall–Kier alpha value is -0.740. The molecule has 0 heterocycles. The summed E-state index contributed by atoms with van der Waals surface area (Å²) in [6, 6.07) is 3.97. The van der Waals surface area contributed by atoms with Crippen molar-refractivity contribution >= 4 is 27.3 Å². The van der Waals surface area contributed by atoms with E-state index in [4.69, 9.17) is 10.8 Å². The lowest BCUT2D eigenvalue weighted by Gasteiger charge is -2.11. The maximum absolute atomic E-state index is 8.65. The van der Waals surface area contributed by atoms with Gasteiger partial charge in [0.2, 0.25) is 0 Å². The normalized spacial score (nSPS) is 10.4. The average Bonchev–Trinajstić information content (AvgIpc) is 2.25. The van der Waals surface area contributed by atoms with E-state index in [1.54, 1.807) is 0 Å². The van der Waals surface area contributed by atoms with Crippen LogP contribution in [-0.4, -0.2) is 18.3 Å². The fourth-order valence-corrected chi connectivity index (χ4v) is 1.97. The molecule has 1 aromatic rings. The van der Waals surface area contributed by atoms with Crippen LogP contribution in [0.4, 0.5) is 11.4 Å². The molecule has 0 spiro atoms. The van der Waals surface area contributed by atoms with Gasteiger partial charge in [0.25, 0.3) is 0 Å². The summed E-state index contributed by atoms with van der Waals surface area (Å²) in [5.74, 6) is 0. The number of aliphatic hydroxyl groups is 1. The number of unbranched alkanes of at least 4 members (excludes halogenated alkanes) is 2. The van der Waals surface area contributed by atoms with E-state index < -0.39 is 0 Å². The van der Waals surface area contributed by atoms with E-state index in [1.807, 2.05) is 19.1 Å². The van der Waals surface area contributed by atoms with Gasteiger partial charge in [0, 0.05) is 29.0 Å². The zero-order valence-electron chi connectivity index (χ0n) is 9.59. The molecular formula is C12H19BrN2O. The minimum atomic E-state index is 0.282. The number of aryl methyl sites for hydroxylation is 1. The predicted octanol–water partition coefficient (Wildman–Crippen LogP) is 2.91.